The molecule has 0 aromatic heterocycles. The zero-order valence-electron chi connectivity index (χ0n) is 11.3. The van der Waals surface area contributed by atoms with Crippen molar-refractivity contribution in [2.24, 2.45) is 0 Å². The van der Waals surface area contributed by atoms with Crippen LogP contribution in [0.25, 0.3) is 0 Å². The van der Waals surface area contributed by atoms with Gasteiger partial charge in [0.1, 0.15) is 6.04 Å². The second-order valence-electron chi connectivity index (χ2n) is 5.29. The highest BCUT2D eigenvalue weighted by atomic mass is 16.4. The molecule has 0 aromatic carbocycles. The minimum atomic E-state index is -1.27. The number of nitrogens with one attached hydrogen (secondary N) is 1. The minimum absolute atomic E-state index is 0.129. The first-order chi connectivity index (χ1) is 9.21. The van der Waals surface area contributed by atoms with Gasteiger partial charge in [0.25, 0.3) is 0 Å². The summed E-state index contributed by atoms with van der Waals surface area (Å²) in [6, 6.07) is -1.84. The van der Waals surface area contributed by atoms with Crippen molar-refractivity contribution in [2.75, 3.05) is 13.1 Å². The quantitative estimate of drug-likeness (QED) is 0.557. The lowest BCUT2D eigenvalue weighted by atomic mass is 9.95. The number of hydrogen-bond donors (Lipinski definition) is 4. The lowest BCUT2D eigenvalue weighted by molar-refractivity contribution is -0.140. The van der Waals surface area contributed by atoms with Crippen LogP contribution in [0.15, 0.2) is 0 Å². The summed E-state index contributed by atoms with van der Waals surface area (Å²) in [6.07, 6.45) is 0.695. The third kappa shape index (κ3) is 5.04. The van der Waals surface area contributed by atoms with Gasteiger partial charge in [0, 0.05) is 13.0 Å². The average molecular weight is 288 g/mol. The molecule has 4 N–H and O–H groups in total. The van der Waals surface area contributed by atoms with Gasteiger partial charge < -0.3 is 25.5 Å². The van der Waals surface area contributed by atoms with E-state index >= 15 is 0 Å². The zero-order valence-corrected chi connectivity index (χ0v) is 11.3. The third-order valence-electron chi connectivity index (χ3n) is 3.20. The van der Waals surface area contributed by atoms with Crippen molar-refractivity contribution < 1.29 is 29.7 Å². The first kappa shape index (κ1) is 16.2. The number of carboxylic acid groups (broad SMARTS) is 2. The van der Waals surface area contributed by atoms with E-state index in [9.17, 15) is 19.5 Å². The maximum atomic E-state index is 11.9. The molecule has 0 aromatic rings. The molecule has 114 valence electrons. The predicted molar refractivity (Wildman–Crippen MR) is 68.3 cm³/mol. The number of piperidine rings is 1. The van der Waals surface area contributed by atoms with Crippen LogP contribution >= 0.6 is 0 Å². The van der Waals surface area contributed by atoms with Gasteiger partial charge >= 0.3 is 18.0 Å². The second-order valence-corrected chi connectivity index (χ2v) is 5.29. The van der Waals surface area contributed by atoms with Crippen molar-refractivity contribution in [3.8, 4) is 0 Å². The molecule has 2 atom stereocenters. The third-order valence-corrected chi connectivity index (χ3v) is 3.20. The smallest absolute Gasteiger partial charge is 0.326 e. The van der Waals surface area contributed by atoms with Crippen LogP contribution in [0, 0.1) is 0 Å². The Kier molecular flexibility index (Phi) is 5.32. The monoisotopic (exact) mass is 288 g/mol. The van der Waals surface area contributed by atoms with Gasteiger partial charge in [-0.1, -0.05) is 0 Å². The van der Waals surface area contributed by atoms with Crippen LogP contribution in [0.4, 0.5) is 4.79 Å². The van der Waals surface area contributed by atoms with E-state index in [2.05, 4.69) is 5.32 Å². The Morgan fingerprint density at radius 3 is 2.50 bits per heavy atom. The van der Waals surface area contributed by atoms with Crippen LogP contribution in [0.2, 0.25) is 0 Å². The summed E-state index contributed by atoms with van der Waals surface area (Å²) in [7, 11) is 0. The maximum absolute atomic E-state index is 11.9. The number of amides is 2. The number of carboxylic acids is 2. The molecule has 0 radical (unpaired) electrons. The van der Waals surface area contributed by atoms with Gasteiger partial charge in [-0.25, -0.2) is 9.59 Å². The van der Waals surface area contributed by atoms with Crippen molar-refractivity contribution in [3.63, 3.8) is 0 Å². The van der Waals surface area contributed by atoms with E-state index in [1.54, 1.807) is 6.92 Å². The summed E-state index contributed by atoms with van der Waals surface area (Å²) >= 11 is 0. The normalized spacial score (nSPS) is 24.0. The predicted octanol–water partition coefficient (Wildman–Crippen LogP) is -0.139. The molecule has 1 fully saturated rings. The fourth-order valence-electron chi connectivity index (χ4n) is 2.16. The summed E-state index contributed by atoms with van der Waals surface area (Å²) in [5, 5.41) is 29.7. The van der Waals surface area contributed by atoms with E-state index in [4.69, 9.17) is 10.2 Å². The van der Waals surface area contributed by atoms with Crippen molar-refractivity contribution in [2.45, 2.75) is 44.2 Å². The number of carbonyl (C=O) groups is 3. The highest BCUT2D eigenvalue weighted by molar-refractivity contribution is 5.83. The topological polar surface area (TPSA) is 127 Å². The molecule has 1 unspecified atom stereocenters. The first-order valence-corrected chi connectivity index (χ1v) is 6.44. The van der Waals surface area contributed by atoms with Crippen molar-refractivity contribution in [1.29, 1.82) is 0 Å². The summed E-state index contributed by atoms with van der Waals surface area (Å²) in [5.74, 6) is -2.39. The molecular formula is C12H20N2O6. The lowest BCUT2D eigenvalue weighted by Gasteiger charge is -2.37. The summed E-state index contributed by atoms with van der Waals surface area (Å²) < 4.78 is 0. The molecule has 1 saturated heterocycles. The minimum Gasteiger partial charge on any atom is -0.481 e. The van der Waals surface area contributed by atoms with E-state index in [0.717, 1.165) is 0 Å². The van der Waals surface area contributed by atoms with Crippen LogP contribution < -0.4 is 5.32 Å². The number of likely N-dealkylation sites (tertiary alicyclic amines) is 1. The van der Waals surface area contributed by atoms with Crippen LogP contribution in [0.3, 0.4) is 0 Å². The molecule has 1 aliphatic heterocycles. The molecule has 20 heavy (non-hydrogen) atoms. The molecule has 1 rings (SSSR count). The summed E-state index contributed by atoms with van der Waals surface area (Å²) in [5.41, 5.74) is -0.977. The Morgan fingerprint density at radius 2 is 2.00 bits per heavy atom. The van der Waals surface area contributed by atoms with E-state index in [0.29, 0.717) is 19.4 Å². The van der Waals surface area contributed by atoms with Gasteiger partial charge in [-0.05, 0) is 26.2 Å². The number of urea groups is 1. The van der Waals surface area contributed by atoms with Crippen molar-refractivity contribution >= 4 is 18.0 Å². The molecule has 0 bridgehead atoms. The van der Waals surface area contributed by atoms with Crippen LogP contribution in [0.1, 0.15) is 32.6 Å². The van der Waals surface area contributed by atoms with Crippen LogP contribution in [-0.4, -0.2) is 62.9 Å². The molecule has 0 aliphatic carbocycles. The molecule has 8 heteroatoms. The molecule has 8 nitrogen and oxygen atoms in total. The molecule has 0 saturated carbocycles. The lowest BCUT2D eigenvalue weighted by Crippen LogP contribution is -2.54. The fourth-order valence-corrected chi connectivity index (χ4v) is 2.16. The maximum Gasteiger partial charge on any atom is 0.326 e. The van der Waals surface area contributed by atoms with Gasteiger partial charge in [0.15, 0.2) is 0 Å². The fraction of sp³-hybridized carbons (Fsp3) is 0.750. The molecule has 1 aliphatic rings. The molecule has 0 spiro atoms. The number of rotatable bonds is 5. The van der Waals surface area contributed by atoms with Gasteiger partial charge in [0.2, 0.25) is 0 Å². The van der Waals surface area contributed by atoms with E-state index in [-0.39, 0.29) is 19.4 Å². The average Bonchev–Trinajstić information content (AvgIpc) is 2.32. The second kappa shape index (κ2) is 6.56. The number of aliphatic hydroxyl groups is 1. The summed E-state index contributed by atoms with van der Waals surface area (Å²) in [6.45, 7) is 2.18. The van der Waals surface area contributed by atoms with Gasteiger partial charge in [-0.2, -0.15) is 0 Å². The van der Waals surface area contributed by atoms with Crippen molar-refractivity contribution in [3.05, 3.63) is 0 Å². The van der Waals surface area contributed by atoms with E-state index in [1.165, 1.54) is 4.90 Å². The number of nitrogens with zero attached hydrogens (tertiary/aromatic N) is 1. The van der Waals surface area contributed by atoms with E-state index < -0.39 is 29.6 Å². The zero-order chi connectivity index (χ0) is 15.3. The number of carbonyl (C=O) groups excluding carboxylic acids is 1. The SMILES string of the molecule is CC1(O)CCCN(C(=O)N[C@@H](CCC(=O)O)C(=O)O)C1. The molecular weight excluding hydrogens is 268 g/mol. The highest BCUT2D eigenvalue weighted by Crippen LogP contribution is 2.20. The molecule has 1 heterocycles. The van der Waals surface area contributed by atoms with Crippen LogP contribution in [0.5, 0.6) is 0 Å². The van der Waals surface area contributed by atoms with Crippen molar-refractivity contribution in [1.82, 2.24) is 10.2 Å². The first-order valence-electron chi connectivity index (χ1n) is 6.44. The Labute approximate surface area is 116 Å². The van der Waals surface area contributed by atoms with Gasteiger partial charge in [-0.15, -0.1) is 0 Å². The Morgan fingerprint density at radius 1 is 1.35 bits per heavy atom. The van der Waals surface area contributed by atoms with Gasteiger partial charge in [0.05, 0.1) is 12.1 Å². The number of hydrogen-bond acceptors (Lipinski definition) is 4. The molecule has 2 amide bonds. The highest BCUT2D eigenvalue weighted by Gasteiger charge is 2.32. The Hall–Kier alpha value is -1.83. The largest absolute Gasteiger partial charge is 0.481 e. The summed E-state index contributed by atoms with van der Waals surface area (Å²) in [4.78, 5) is 34.7. The Balaban J connectivity index is 2.57. The standard InChI is InChI=1S/C12H20N2O6/c1-12(20)5-2-6-14(7-12)11(19)13-8(10(17)18)3-4-9(15)16/h8,20H,2-7H2,1H3,(H,13,19)(H,15,16)(H,17,18)/t8-,12?/m0/s1. The van der Waals surface area contributed by atoms with Gasteiger partial charge in [-0.3, -0.25) is 4.79 Å². The number of aliphatic carboxylic acids is 2. The van der Waals surface area contributed by atoms with Crippen LogP contribution in [-0.2, 0) is 9.59 Å². The number of β-amino-alcohol motifs (C(OH)–C–C–N with tert-alkyl or cyclic N) is 1. The Bertz CT molecular complexity index is 395. The van der Waals surface area contributed by atoms with E-state index in [1.807, 2.05) is 0 Å².